The number of imidazole rings is 1. The Bertz CT molecular complexity index is 1160. The van der Waals surface area contributed by atoms with E-state index in [9.17, 15) is 19.1 Å². The second kappa shape index (κ2) is 9.05. The van der Waals surface area contributed by atoms with Crippen molar-refractivity contribution < 1.29 is 23.8 Å². The van der Waals surface area contributed by atoms with Crippen molar-refractivity contribution in [1.82, 2.24) is 14.5 Å². The summed E-state index contributed by atoms with van der Waals surface area (Å²) in [5.41, 5.74) is 0.362. The van der Waals surface area contributed by atoms with Gasteiger partial charge in [0.25, 0.3) is 11.7 Å². The quantitative estimate of drug-likeness (QED) is 0.349. The zero-order valence-electron chi connectivity index (χ0n) is 17.4. The Balaban J connectivity index is 1.74. The molecule has 32 heavy (non-hydrogen) atoms. The molecular formula is C24H22FN3O4. The summed E-state index contributed by atoms with van der Waals surface area (Å²) in [5.74, 6) is -1.93. The van der Waals surface area contributed by atoms with Gasteiger partial charge in [0.2, 0.25) is 0 Å². The first-order chi connectivity index (χ1) is 15.5. The lowest BCUT2D eigenvalue weighted by molar-refractivity contribution is -0.140. The van der Waals surface area contributed by atoms with E-state index in [1.807, 2.05) is 4.57 Å². The Morgan fingerprint density at radius 3 is 2.53 bits per heavy atom. The minimum absolute atomic E-state index is 0.132. The number of aryl methyl sites for hydroxylation is 1. The SMILES string of the molecule is COc1ccc(/C(O)=C2\C(=O)C(=O)N(CCCn3ccnc3)C2c2ccccc2F)cc1. The first kappa shape index (κ1) is 21.3. The van der Waals surface area contributed by atoms with Gasteiger partial charge in [-0.05, 0) is 36.8 Å². The van der Waals surface area contributed by atoms with Crippen LogP contribution in [0.5, 0.6) is 5.75 Å². The number of Topliss-reactive ketones (excluding diaryl/α,β-unsaturated/α-hetero) is 1. The summed E-state index contributed by atoms with van der Waals surface area (Å²) in [7, 11) is 1.52. The summed E-state index contributed by atoms with van der Waals surface area (Å²) in [6.07, 6.45) is 5.63. The van der Waals surface area contributed by atoms with Crippen LogP contribution < -0.4 is 4.74 Å². The average Bonchev–Trinajstić information content (AvgIpc) is 3.41. The molecule has 0 aliphatic carbocycles. The van der Waals surface area contributed by atoms with Crippen molar-refractivity contribution in [1.29, 1.82) is 0 Å². The highest BCUT2D eigenvalue weighted by Crippen LogP contribution is 2.40. The van der Waals surface area contributed by atoms with Crippen molar-refractivity contribution in [3.63, 3.8) is 0 Å². The Kier molecular flexibility index (Phi) is 6.02. The molecule has 1 unspecified atom stereocenters. The van der Waals surface area contributed by atoms with Crippen LogP contribution in [0.3, 0.4) is 0 Å². The van der Waals surface area contributed by atoms with Gasteiger partial charge in [0.1, 0.15) is 17.3 Å². The van der Waals surface area contributed by atoms with E-state index < -0.39 is 23.5 Å². The maximum atomic E-state index is 14.8. The number of aliphatic hydroxyl groups excluding tert-OH is 1. The van der Waals surface area contributed by atoms with Gasteiger partial charge in [-0.15, -0.1) is 0 Å². The van der Waals surface area contributed by atoms with E-state index in [1.165, 1.54) is 30.2 Å². The molecule has 0 radical (unpaired) electrons. The maximum absolute atomic E-state index is 14.8. The Morgan fingerprint density at radius 2 is 1.88 bits per heavy atom. The second-order valence-electron chi connectivity index (χ2n) is 7.40. The fraction of sp³-hybridized carbons (Fsp3) is 0.208. The predicted molar refractivity (Wildman–Crippen MR) is 115 cm³/mol. The molecule has 0 saturated carbocycles. The minimum Gasteiger partial charge on any atom is -0.507 e. The van der Waals surface area contributed by atoms with Gasteiger partial charge in [0, 0.05) is 36.6 Å². The number of hydrogen-bond acceptors (Lipinski definition) is 5. The molecule has 1 aliphatic heterocycles. The summed E-state index contributed by atoms with van der Waals surface area (Å²) in [4.78, 5) is 31.2. The number of halogens is 1. The number of carbonyl (C=O) groups is 2. The molecular weight excluding hydrogens is 413 g/mol. The Labute approximate surface area is 184 Å². The number of rotatable bonds is 7. The van der Waals surface area contributed by atoms with Crippen molar-refractivity contribution in [3.05, 3.63) is 89.8 Å². The van der Waals surface area contributed by atoms with Crippen LogP contribution in [0, 0.1) is 5.82 Å². The van der Waals surface area contributed by atoms with Crippen LogP contribution in [0.2, 0.25) is 0 Å². The first-order valence-corrected chi connectivity index (χ1v) is 10.1. The largest absolute Gasteiger partial charge is 0.507 e. The van der Waals surface area contributed by atoms with E-state index in [0.29, 0.717) is 24.3 Å². The number of benzene rings is 2. The molecule has 1 N–H and O–H groups in total. The molecule has 1 aromatic heterocycles. The van der Waals surface area contributed by atoms with Crippen LogP contribution in [0.15, 0.2) is 72.8 Å². The van der Waals surface area contributed by atoms with Crippen molar-refractivity contribution in [2.24, 2.45) is 0 Å². The summed E-state index contributed by atoms with van der Waals surface area (Å²) < 4.78 is 21.8. The van der Waals surface area contributed by atoms with Crippen LogP contribution >= 0.6 is 0 Å². The van der Waals surface area contributed by atoms with Gasteiger partial charge in [-0.3, -0.25) is 9.59 Å². The van der Waals surface area contributed by atoms with Gasteiger partial charge < -0.3 is 19.3 Å². The minimum atomic E-state index is -1.03. The summed E-state index contributed by atoms with van der Waals surface area (Å²) in [5, 5.41) is 11.0. The summed E-state index contributed by atoms with van der Waals surface area (Å²) in [6, 6.07) is 11.4. The lowest BCUT2D eigenvalue weighted by Crippen LogP contribution is -2.31. The van der Waals surface area contributed by atoms with Crippen LogP contribution in [-0.4, -0.2) is 44.9 Å². The predicted octanol–water partition coefficient (Wildman–Crippen LogP) is 3.54. The number of carbonyl (C=O) groups excluding carboxylic acids is 2. The molecule has 3 aromatic rings. The van der Waals surface area contributed by atoms with E-state index in [2.05, 4.69) is 4.98 Å². The third kappa shape index (κ3) is 3.99. The van der Waals surface area contributed by atoms with Crippen molar-refractivity contribution >= 4 is 17.4 Å². The number of amides is 1. The Morgan fingerprint density at radius 1 is 1.12 bits per heavy atom. The van der Waals surface area contributed by atoms with Crippen molar-refractivity contribution in [3.8, 4) is 5.75 Å². The molecule has 8 heteroatoms. The normalized spacial score (nSPS) is 17.7. The van der Waals surface area contributed by atoms with E-state index in [-0.39, 0.29) is 23.4 Å². The molecule has 1 fully saturated rings. The molecule has 4 rings (SSSR count). The number of methoxy groups -OCH3 is 1. The summed E-state index contributed by atoms with van der Waals surface area (Å²) in [6.45, 7) is 0.784. The van der Waals surface area contributed by atoms with E-state index in [4.69, 9.17) is 4.74 Å². The van der Waals surface area contributed by atoms with Crippen LogP contribution in [-0.2, 0) is 16.1 Å². The van der Waals surface area contributed by atoms with Gasteiger partial charge in [-0.1, -0.05) is 18.2 Å². The number of ether oxygens (including phenoxy) is 1. The zero-order chi connectivity index (χ0) is 22.7. The number of ketones is 1. The molecule has 1 atom stereocenters. The zero-order valence-corrected chi connectivity index (χ0v) is 17.4. The number of aliphatic hydroxyl groups is 1. The molecule has 7 nitrogen and oxygen atoms in total. The number of aromatic nitrogens is 2. The highest BCUT2D eigenvalue weighted by molar-refractivity contribution is 6.46. The molecule has 0 bridgehead atoms. The molecule has 164 valence electrons. The average molecular weight is 435 g/mol. The molecule has 2 heterocycles. The van der Waals surface area contributed by atoms with E-state index >= 15 is 0 Å². The highest BCUT2D eigenvalue weighted by atomic mass is 19.1. The molecule has 1 saturated heterocycles. The lowest BCUT2D eigenvalue weighted by atomic mass is 9.95. The molecule has 1 aliphatic rings. The van der Waals surface area contributed by atoms with Gasteiger partial charge in [-0.25, -0.2) is 9.37 Å². The molecule has 2 aromatic carbocycles. The van der Waals surface area contributed by atoms with Gasteiger partial charge in [0.15, 0.2) is 0 Å². The highest BCUT2D eigenvalue weighted by Gasteiger charge is 2.46. The summed E-state index contributed by atoms with van der Waals surface area (Å²) >= 11 is 0. The van der Waals surface area contributed by atoms with Crippen molar-refractivity contribution in [2.45, 2.75) is 19.0 Å². The number of nitrogens with zero attached hydrogens (tertiary/aromatic N) is 3. The van der Waals surface area contributed by atoms with E-state index in [1.54, 1.807) is 49.1 Å². The van der Waals surface area contributed by atoms with Crippen LogP contribution in [0.4, 0.5) is 4.39 Å². The standard InChI is InChI=1S/C24H22FN3O4/c1-32-17-9-7-16(8-10-17)22(29)20-21(18-5-2-3-6-19(18)25)28(24(31)23(20)30)13-4-12-27-14-11-26-15-27/h2-3,5-11,14-15,21,29H,4,12-13H2,1H3/b22-20+. The van der Waals surface area contributed by atoms with Gasteiger partial charge >= 0.3 is 0 Å². The van der Waals surface area contributed by atoms with Crippen LogP contribution in [0.25, 0.3) is 5.76 Å². The fourth-order valence-corrected chi connectivity index (χ4v) is 3.88. The maximum Gasteiger partial charge on any atom is 0.295 e. The number of hydrogen-bond donors (Lipinski definition) is 1. The monoisotopic (exact) mass is 435 g/mol. The first-order valence-electron chi connectivity index (χ1n) is 10.1. The third-order valence-corrected chi connectivity index (χ3v) is 5.48. The van der Waals surface area contributed by atoms with E-state index in [0.717, 1.165) is 0 Å². The van der Waals surface area contributed by atoms with Gasteiger partial charge in [-0.2, -0.15) is 0 Å². The smallest absolute Gasteiger partial charge is 0.295 e. The second-order valence-corrected chi connectivity index (χ2v) is 7.40. The topological polar surface area (TPSA) is 84.7 Å². The van der Waals surface area contributed by atoms with Crippen LogP contribution in [0.1, 0.15) is 23.6 Å². The fourth-order valence-electron chi connectivity index (χ4n) is 3.88. The van der Waals surface area contributed by atoms with Gasteiger partial charge in [0.05, 0.1) is 25.1 Å². The molecule has 1 amide bonds. The molecule has 0 spiro atoms. The Hall–Kier alpha value is -3.94. The lowest BCUT2D eigenvalue weighted by Gasteiger charge is -2.25. The van der Waals surface area contributed by atoms with Crippen molar-refractivity contribution in [2.75, 3.05) is 13.7 Å². The third-order valence-electron chi connectivity index (χ3n) is 5.48. The number of likely N-dealkylation sites (tertiary alicyclic amines) is 1.